The molecule has 12 nitrogen and oxygen atoms in total. The van der Waals surface area contributed by atoms with Crippen LogP contribution in [0.3, 0.4) is 0 Å². The molecule has 2 aliphatic rings. The molecule has 232 valence electrons. The van der Waals surface area contributed by atoms with Crippen LogP contribution in [0.2, 0.25) is 0 Å². The predicted octanol–water partition coefficient (Wildman–Crippen LogP) is 2.61. The Labute approximate surface area is 273 Å². The number of amides is 5. The van der Waals surface area contributed by atoms with Gasteiger partial charge in [0, 0.05) is 39.8 Å². The molecule has 0 aromatic heterocycles. The van der Waals surface area contributed by atoms with E-state index in [-0.39, 0.29) is 40.5 Å². The Balaban J connectivity index is 1.80. The lowest BCUT2D eigenvalue weighted by molar-refractivity contribution is -0.152. The number of hydrogen-bond acceptors (Lipinski definition) is 9. The molecule has 0 aliphatic carbocycles. The van der Waals surface area contributed by atoms with Gasteiger partial charge in [0.25, 0.3) is 5.91 Å². The van der Waals surface area contributed by atoms with Gasteiger partial charge < -0.3 is 14.8 Å². The third kappa shape index (κ3) is 6.16. The normalized spacial score (nSPS) is 16.8. The van der Waals surface area contributed by atoms with Gasteiger partial charge >= 0.3 is 0 Å². The molecule has 0 radical (unpaired) electrons. The minimum Gasteiger partial charge on any atom is -0.490 e. The molecule has 5 amide bonds. The number of halogens is 1. The second-order valence-electron chi connectivity index (χ2n) is 10.1. The summed E-state index contributed by atoms with van der Waals surface area (Å²) in [7, 11) is 5.70. The molecule has 0 spiro atoms. The first-order valence-corrected chi connectivity index (χ1v) is 15.0. The zero-order chi connectivity index (χ0) is 32.5. The number of benzene rings is 2. The molecule has 1 N–H and O–H groups in total. The summed E-state index contributed by atoms with van der Waals surface area (Å²) in [5.41, 5.74) is 0.861. The third-order valence-corrected chi connectivity index (χ3v) is 9.06. The monoisotopic (exact) mass is 703 g/mol. The van der Waals surface area contributed by atoms with Crippen molar-refractivity contribution in [3.05, 3.63) is 52.5 Å². The van der Waals surface area contributed by atoms with Crippen molar-refractivity contribution < 1.29 is 33.4 Å². The topological polar surface area (TPSA) is 129 Å². The molecule has 15 heteroatoms. The molecule has 2 aliphatic heterocycles. The van der Waals surface area contributed by atoms with Crippen LogP contribution in [0.4, 0.5) is 5.69 Å². The van der Waals surface area contributed by atoms with Crippen molar-refractivity contribution >= 4 is 85.8 Å². The Bertz CT molecular complexity index is 1450. The van der Waals surface area contributed by atoms with Crippen LogP contribution in [0.25, 0.3) is 0 Å². The van der Waals surface area contributed by atoms with E-state index in [9.17, 15) is 24.0 Å². The Morgan fingerprint density at radius 2 is 1.32 bits per heavy atom. The first-order valence-electron chi connectivity index (χ1n) is 13.4. The SMILES string of the molecule is CCOc1cc(C(C2C(=O)N(C)C(=S)N(C)C2=O)C2C(=O)N(C)C(=S)N(C)C2=O)cc(Br)c1OCC(=O)Nc1ccccc1. The van der Waals surface area contributed by atoms with Gasteiger partial charge in [-0.25, -0.2) is 0 Å². The van der Waals surface area contributed by atoms with E-state index in [0.717, 1.165) is 19.6 Å². The van der Waals surface area contributed by atoms with Crippen LogP contribution in [0.5, 0.6) is 11.5 Å². The second kappa shape index (κ2) is 13.4. The third-order valence-electron chi connectivity index (χ3n) is 7.37. The number of rotatable bonds is 9. The van der Waals surface area contributed by atoms with Crippen molar-refractivity contribution in [3.8, 4) is 11.5 Å². The Kier molecular flexibility index (Phi) is 10.0. The van der Waals surface area contributed by atoms with E-state index in [2.05, 4.69) is 21.2 Å². The fraction of sp³-hybridized carbons (Fsp3) is 0.345. The highest BCUT2D eigenvalue weighted by atomic mass is 79.9. The van der Waals surface area contributed by atoms with Crippen LogP contribution in [-0.2, 0) is 24.0 Å². The van der Waals surface area contributed by atoms with E-state index >= 15 is 0 Å². The lowest BCUT2D eigenvalue weighted by atomic mass is 9.73. The largest absolute Gasteiger partial charge is 0.490 e. The van der Waals surface area contributed by atoms with Crippen LogP contribution in [-0.4, -0.2) is 101 Å². The van der Waals surface area contributed by atoms with Crippen molar-refractivity contribution in [2.75, 3.05) is 46.7 Å². The van der Waals surface area contributed by atoms with Gasteiger partial charge in [-0.05, 0) is 77.1 Å². The van der Waals surface area contributed by atoms with Gasteiger partial charge in [-0.1, -0.05) is 18.2 Å². The summed E-state index contributed by atoms with van der Waals surface area (Å²) in [6.45, 7) is 1.56. The van der Waals surface area contributed by atoms with Crippen molar-refractivity contribution in [3.63, 3.8) is 0 Å². The minimum absolute atomic E-state index is 0.0135. The second-order valence-corrected chi connectivity index (χ2v) is 11.7. The van der Waals surface area contributed by atoms with E-state index in [1.165, 1.54) is 34.3 Å². The van der Waals surface area contributed by atoms with Gasteiger partial charge in [0.15, 0.2) is 28.3 Å². The molecule has 2 aromatic rings. The number of carbonyl (C=O) groups is 5. The molecule has 2 aromatic carbocycles. The molecule has 2 saturated heterocycles. The summed E-state index contributed by atoms with van der Waals surface area (Å²) in [5, 5.41) is 2.71. The molecule has 0 unspecified atom stereocenters. The van der Waals surface area contributed by atoms with E-state index < -0.39 is 47.3 Å². The number of anilines is 1. The van der Waals surface area contributed by atoms with Crippen molar-refractivity contribution in [2.24, 2.45) is 11.8 Å². The lowest BCUT2D eigenvalue weighted by Crippen LogP contribution is -2.63. The van der Waals surface area contributed by atoms with E-state index in [0.29, 0.717) is 10.2 Å². The molecule has 2 fully saturated rings. The highest BCUT2D eigenvalue weighted by Gasteiger charge is 2.54. The van der Waals surface area contributed by atoms with Crippen molar-refractivity contribution in [1.82, 2.24) is 19.6 Å². The number of ether oxygens (including phenoxy) is 2. The van der Waals surface area contributed by atoms with Gasteiger partial charge in [-0.15, -0.1) is 0 Å². The molecular weight excluding hydrogens is 674 g/mol. The summed E-state index contributed by atoms with van der Waals surface area (Å²) in [5.74, 6) is -7.05. The number of nitrogens with zero attached hydrogens (tertiary/aromatic N) is 4. The lowest BCUT2D eigenvalue weighted by Gasteiger charge is -2.43. The van der Waals surface area contributed by atoms with E-state index in [1.54, 1.807) is 37.3 Å². The molecular formula is C29H30BrN5O7S2. The van der Waals surface area contributed by atoms with Crippen molar-refractivity contribution in [1.29, 1.82) is 0 Å². The van der Waals surface area contributed by atoms with Crippen LogP contribution in [0.1, 0.15) is 18.4 Å². The van der Waals surface area contributed by atoms with Gasteiger partial charge in [0.05, 0.1) is 11.1 Å². The maximum absolute atomic E-state index is 13.7. The first kappa shape index (κ1) is 33.0. The van der Waals surface area contributed by atoms with Crippen LogP contribution >= 0.6 is 40.4 Å². The van der Waals surface area contributed by atoms with Gasteiger partial charge in [-0.2, -0.15) is 0 Å². The fourth-order valence-corrected chi connectivity index (χ4v) is 6.04. The summed E-state index contributed by atoms with van der Waals surface area (Å²) in [6, 6.07) is 11.9. The minimum atomic E-state index is -1.49. The van der Waals surface area contributed by atoms with Crippen LogP contribution in [0, 0.1) is 11.8 Å². The number of para-hydroxylation sites is 1. The zero-order valence-electron chi connectivity index (χ0n) is 24.5. The van der Waals surface area contributed by atoms with Crippen molar-refractivity contribution in [2.45, 2.75) is 12.8 Å². The smallest absolute Gasteiger partial charge is 0.262 e. The number of thiocarbonyl (C=S) groups is 2. The quantitative estimate of drug-likeness (QED) is 0.310. The summed E-state index contributed by atoms with van der Waals surface area (Å²) in [4.78, 5) is 71.9. The Hall–Kier alpha value is -3.95. The van der Waals surface area contributed by atoms with Gasteiger partial charge in [0.2, 0.25) is 23.6 Å². The number of hydrogen-bond donors (Lipinski definition) is 1. The average Bonchev–Trinajstić information content (AvgIpc) is 3.00. The maximum atomic E-state index is 13.7. The molecule has 2 heterocycles. The molecule has 0 saturated carbocycles. The van der Waals surface area contributed by atoms with E-state index in [4.69, 9.17) is 33.9 Å². The predicted molar refractivity (Wildman–Crippen MR) is 172 cm³/mol. The van der Waals surface area contributed by atoms with Gasteiger partial charge in [-0.3, -0.25) is 43.6 Å². The molecule has 44 heavy (non-hydrogen) atoms. The first-order chi connectivity index (χ1) is 20.8. The highest BCUT2D eigenvalue weighted by Crippen LogP contribution is 2.45. The van der Waals surface area contributed by atoms with Crippen LogP contribution < -0.4 is 14.8 Å². The molecule has 4 rings (SSSR count). The highest BCUT2D eigenvalue weighted by molar-refractivity contribution is 9.10. The van der Waals surface area contributed by atoms with Crippen LogP contribution in [0.15, 0.2) is 46.9 Å². The van der Waals surface area contributed by atoms with Gasteiger partial charge in [0.1, 0.15) is 11.8 Å². The summed E-state index contributed by atoms with van der Waals surface area (Å²) < 4.78 is 12.0. The number of carbonyl (C=O) groups excluding carboxylic acids is 5. The summed E-state index contributed by atoms with van der Waals surface area (Å²) in [6.07, 6.45) is 0. The zero-order valence-corrected chi connectivity index (χ0v) is 27.7. The Morgan fingerprint density at radius 3 is 1.77 bits per heavy atom. The standard InChI is InChI=1S/C29H30BrN5O7S2/c1-6-41-18-13-15(12-17(30)23(18)42-14-19(36)31-16-10-8-7-9-11-16)20(21-24(37)32(2)28(43)33(3)25(21)38)22-26(39)34(4)29(44)35(5)27(22)40/h7-13,20-22H,6,14H2,1-5H3,(H,31,36). The average molecular weight is 705 g/mol. The molecule has 0 bridgehead atoms. The molecule has 0 atom stereocenters. The van der Waals surface area contributed by atoms with E-state index in [1.807, 2.05) is 6.07 Å². The summed E-state index contributed by atoms with van der Waals surface area (Å²) >= 11 is 14.0. The fourth-order valence-electron chi connectivity index (χ4n) is 5.10. The Morgan fingerprint density at radius 1 is 0.841 bits per heavy atom. The number of nitrogens with one attached hydrogen (secondary N) is 1. The maximum Gasteiger partial charge on any atom is 0.262 e.